The summed E-state index contributed by atoms with van der Waals surface area (Å²) in [6.07, 6.45) is 0.118. The lowest BCUT2D eigenvalue weighted by atomic mass is 9.98. The van der Waals surface area contributed by atoms with Crippen molar-refractivity contribution < 1.29 is 14.3 Å². The van der Waals surface area contributed by atoms with Crippen LogP contribution < -0.4 is 5.32 Å². The molecule has 0 spiro atoms. The number of nitrogens with one attached hydrogen (secondary N) is 1. The molecule has 1 aromatic carbocycles. The molecule has 0 aliphatic carbocycles. The number of benzene rings is 1. The Kier molecular flexibility index (Phi) is 5.91. The second kappa shape index (κ2) is 7.66. The predicted octanol–water partition coefficient (Wildman–Crippen LogP) is 1.38. The quantitative estimate of drug-likeness (QED) is 0.823. The summed E-state index contributed by atoms with van der Waals surface area (Å²) in [5.41, 5.74) is 0.765. The first-order chi connectivity index (χ1) is 10.0. The Balaban J connectivity index is 2.87. The Hall–Kier alpha value is -2.86. The van der Waals surface area contributed by atoms with E-state index in [0.717, 1.165) is 0 Å². The van der Waals surface area contributed by atoms with Crippen molar-refractivity contribution in [3.8, 4) is 12.1 Å². The molecule has 21 heavy (non-hydrogen) atoms. The molecule has 0 saturated heterocycles. The summed E-state index contributed by atoms with van der Waals surface area (Å²) in [4.78, 5) is 23.8. The summed E-state index contributed by atoms with van der Waals surface area (Å²) in [5.74, 6) is -1.43. The summed E-state index contributed by atoms with van der Waals surface area (Å²) in [5, 5.41) is 20.0. The minimum atomic E-state index is -0.891. The molecule has 0 heterocycles. The van der Waals surface area contributed by atoms with Crippen LogP contribution in [0.1, 0.15) is 29.3 Å². The van der Waals surface area contributed by atoms with Crippen LogP contribution in [0.25, 0.3) is 0 Å². The maximum absolute atomic E-state index is 12.1. The Morgan fingerprint density at radius 3 is 2.38 bits per heavy atom. The molecular formula is C15H15N3O3. The third kappa shape index (κ3) is 4.32. The highest BCUT2D eigenvalue weighted by Gasteiger charge is 2.27. The zero-order valence-electron chi connectivity index (χ0n) is 11.8. The lowest BCUT2D eigenvalue weighted by Gasteiger charge is -2.21. The predicted molar refractivity (Wildman–Crippen MR) is 73.8 cm³/mol. The maximum Gasteiger partial charge on any atom is 0.328 e. The molecule has 2 atom stereocenters. The average Bonchev–Trinajstić information content (AvgIpc) is 2.51. The van der Waals surface area contributed by atoms with Crippen molar-refractivity contribution in [3.05, 3.63) is 35.4 Å². The summed E-state index contributed by atoms with van der Waals surface area (Å²) in [6, 6.07) is 9.05. The van der Waals surface area contributed by atoms with Gasteiger partial charge in [-0.25, -0.2) is 4.79 Å². The van der Waals surface area contributed by atoms with Crippen LogP contribution in [0.15, 0.2) is 24.3 Å². The van der Waals surface area contributed by atoms with E-state index in [9.17, 15) is 9.59 Å². The topological polar surface area (TPSA) is 103 Å². The van der Waals surface area contributed by atoms with Gasteiger partial charge in [0.2, 0.25) is 0 Å². The van der Waals surface area contributed by atoms with E-state index < -0.39 is 17.9 Å². The molecule has 0 fully saturated rings. The van der Waals surface area contributed by atoms with Crippen LogP contribution in [-0.4, -0.2) is 25.0 Å². The number of carbonyl (C=O) groups is 2. The van der Waals surface area contributed by atoms with E-state index in [2.05, 4.69) is 10.1 Å². The van der Waals surface area contributed by atoms with Crippen molar-refractivity contribution in [2.45, 2.75) is 19.4 Å². The molecule has 0 unspecified atom stereocenters. The molecule has 0 radical (unpaired) electrons. The third-order valence-corrected chi connectivity index (χ3v) is 3.00. The summed E-state index contributed by atoms with van der Waals surface area (Å²) < 4.78 is 4.65. The van der Waals surface area contributed by atoms with E-state index in [4.69, 9.17) is 10.5 Å². The summed E-state index contributed by atoms with van der Waals surface area (Å²) >= 11 is 0. The first kappa shape index (κ1) is 16.2. The number of nitrogens with zero attached hydrogens (tertiary/aromatic N) is 2. The van der Waals surface area contributed by atoms with Gasteiger partial charge in [-0.15, -0.1) is 0 Å². The highest BCUT2D eigenvalue weighted by molar-refractivity contribution is 5.96. The molecule has 1 rings (SSSR count). The minimum Gasteiger partial charge on any atom is -0.467 e. The molecule has 0 bridgehead atoms. The largest absolute Gasteiger partial charge is 0.467 e. The van der Waals surface area contributed by atoms with Crippen LogP contribution in [0, 0.1) is 28.6 Å². The first-order valence-electron chi connectivity index (χ1n) is 6.29. The Morgan fingerprint density at radius 1 is 1.29 bits per heavy atom. The van der Waals surface area contributed by atoms with Gasteiger partial charge in [-0.05, 0) is 24.3 Å². The van der Waals surface area contributed by atoms with E-state index in [1.54, 1.807) is 6.92 Å². The number of methoxy groups -OCH3 is 1. The number of hydrogen-bond donors (Lipinski definition) is 1. The van der Waals surface area contributed by atoms with Crippen molar-refractivity contribution in [3.63, 3.8) is 0 Å². The average molecular weight is 285 g/mol. The number of amides is 1. The standard InChI is InChI=1S/C15H15N3O3/c1-10(7-8-16)13(15(20)21-2)18-14(19)12-5-3-11(9-17)4-6-12/h3-6,10,13H,7H2,1-2H3,(H,18,19)/t10-,13-/m1/s1. The molecule has 1 aromatic rings. The highest BCUT2D eigenvalue weighted by atomic mass is 16.5. The van der Waals surface area contributed by atoms with Gasteiger partial charge in [0.1, 0.15) is 6.04 Å². The molecule has 0 aliphatic rings. The van der Waals surface area contributed by atoms with Gasteiger partial charge in [0.25, 0.3) is 5.91 Å². The Labute approximate surface area is 122 Å². The number of carbonyl (C=O) groups excluding carboxylic acids is 2. The van der Waals surface area contributed by atoms with Gasteiger partial charge in [0, 0.05) is 17.9 Å². The zero-order valence-corrected chi connectivity index (χ0v) is 11.8. The fraction of sp³-hybridized carbons (Fsp3) is 0.333. The fourth-order valence-electron chi connectivity index (χ4n) is 1.74. The van der Waals surface area contributed by atoms with Crippen LogP contribution in [0.4, 0.5) is 0 Å². The smallest absolute Gasteiger partial charge is 0.328 e. The van der Waals surface area contributed by atoms with Crippen LogP contribution in [0.2, 0.25) is 0 Å². The Morgan fingerprint density at radius 2 is 1.90 bits per heavy atom. The number of esters is 1. The van der Waals surface area contributed by atoms with E-state index >= 15 is 0 Å². The van der Waals surface area contributed by atoms with Gasteiger partial charge in [-0.3, -0.25) is 4.79 Å². The summed E-state index contributed by atoms with van der Waals surface area (Å²) in [7, 11) is 1.22. The third-order valence-electron chi connectivity index (χ3n) is 3.00. The number of nitriles is 2. The molecule has 0 saturated carbocycles. The molecule has 6 nitrogen and oxygen atoms in total. The van der Waals surface area contributed by atoms with Gasteiger partial charge in [-0.1, -0.05) is 6.92 Å². The van der Waals surface area contributed by atoms with E-state index in [0.29, 0.717) is 11.1 Å². The molecule has 6 heteroatoms. The second-order valence-electron chi connectivity index (χ2n) is 4.50. The highest BCUT2D eigenvalue weighted by Crippen LogP contribution is 2.11. The molecule has 108 valence electrons. The lowest BCUT2D eigenvalue weighted by molar-refractivity contribution is -0.144. The van der Waals surface area contributed by atoms with Gasteiger partial charge in [0.05, 0.1) is 24.8 Å². The van der Waals surface area contributed by atoms with Crippen LogP contribution in [0.5, 0.6) is 0 Å². The van der Waals surface area contributed by atoms with Crippen molar-refractivity contribution in [1.82, 2.24) is 5.32 Å². The lowest BCUT2D eigenvalue weighted by Crippen LogP contribution is -2.45. The monoisotopic (exact) mass is 285 g/mol. The Bertz CT molecular complexity index is 596. The molecule has 1 N–H and O–H groups in total. The fourth-order valence-corrected chi connectivity index (χ4v) is 1.74. The molecule has 0 aromatic heterocycles. The van der Waals surface area contributed by atoms with Crippen molar-refractivity contribution >= 4 is 11.9 Å². The second-order valence-corrected chi connectivity index (χ2v) is 4.50. The van der Waals surface area contributed by atoms with Crippen molar-refractivity contribution in [2.75, 3.05) is 7.11 Å². The van der Waals surface area contributed by atoms with Gasteiger partial charge in [-0.2, -0.15) is 10.5 Å². The zero-order chi connectivity index (χ0) is 15.8. The number of hydrogen-bond acceptors (Lipinski definition) is 5. The maximum atomic E-state index is 12.1. The van der Waals surface area contributed by atoms with Crippen LogP contribution in [-0.2, 0) is 9.53 Å². The van der Waals surface area contributed by atoms with Crippen molar-refractivity contribution in [1.29, 1.82) is 10.5 Å². The van der Waals surface area contributed by atoms with Gasteiger partial charge in [0.15, 0.2) is 0 Å². The normalized spacial score (nSPS) is 12.4. The minimum absolute atomic E-state index is 0.118. The van der Waals surface area contributed by atoms with Crippen LogP contribution in [0.3, 0.4) is 0 Å². The number of rotatable bonds is 5. The number of ether oxygens (including phenoxy) is 1. The van der Waals surface area contributed by atoms with E-state index in [1.807, 2.05) is 12.1 Å². The van der Waals surface area contributed by atoms with E-state index in [1.165, 1.54) is 31.4 Å². The molecule has 1 amide bonds. The summed E-state index contributed by atoms with van der Waals surface area (Å²) in [6.45, 7) is 1.68. The molecule has 0 aliphatic heterocycles. The van der Waals surface area contributed by atoms with Gasteiger partial charge >= 0.3 is 5.97 Å². The van der Waals surface area contributed by atoms with Crippen molar-refractivity contribution in [2.24, 2.45) is 5.92 Å². The van der Waals surface area contributed by atoms with E-state index in [-0.39, 0.29) is 12.3 Å². The SMILES string of the molecule is COC(=O)[C@H](NC(=O)c1ccc(C#N)cc1)[C@H](C)CC#N. The van der Waals surface area contributed by atoms with Gasteiger partial charge < -0.3 is 10.1 Å². The first-order valence-corrected chi connectivity index (χ1v) is 6.29. The molecular weight excluding hydrogens is 270 g/mol. The van der Waals surface area contributed by atoms with Crippen LogP contribution >= 0.6 is 0 Å².